The summed E-state index contributed by atoms with van der Waals surface area (Å²) in [5.41, 5.74) is 0.0491. The molecule has 8 amide bonds. The van der Waals surface area contributed by atoms with Crippen molar-refractivity contribution in [3.05, 3.63) is 48.0 Å². The summed E-state index contributed by atoms with van der Waals surface area (Å²) in [4.78, 5) is 168. The number of likely N-dealkylation sites (tertiary alicyclic amines) is 1. The van der Waals surface area contributed by atoms with Crippen molar-refractivity contribution in [3.63, 3.8) is 0 Å². The maximum absolute atomic E-state index is 14.9. The largest absolute Gasteiger partial charge is 0.481 e. The summed E-state index contributed by atoms with van der Waals surface area (Å²) in [5.74, 6) is -10.1. The number of nitrogens with zero attached hydrogens (tertiary/aromatic N) is 5. The van der Waals surface area contributed by atoms with Crippen LogP contribution in [-0.2, 0) is 73.4 Å². The highest BCUT2D eigenvalue weighted by Gasteiger charge is 2.44. The van der Waals surface area contributed by atoms with E-state index in [0.717, 1.165) is 23.5 Å². The average molecular weight is 1320 g/mol. The Morgan fingerprint density at radius 3 is 1.93 bits per heavy atom. The normalized spacial score (nSPS) is 17.4. The predicted octanol–water partition coefficient (Wildman–Crippen LogP) is 6.08. The van der Waals surface area contributed by atoms with Gasteiger partial charge in [-0.05, 0) is 115 Å². The van der Waals surface area contributed by atoms with E-state index in [9.17, 15) is 67.7 Å². The quantitative estimate of drug-likeness (QED) is 0.0365. The predicted molar refractivity (Wildman–Crippen MR) is 352 cm³/mol. The smallest absolute Gasteiger partial charge is 0.410 e. The van der Waals surface area contributed by atoms with E-state index in [4.69, 9.17) is 14.2 Å². The molecular weight excluding hydrogens is 1210 g/mol. The molecule has 25 nitrogen and oxygen atoms in total. The Morgan fingerprint density at radius 1 is 0.734 bits per heavy atom. The molecule has 25 heteroatoms. The average Bonchev–Trinajstić information content (AvgIpc) is 1.21. The minimum atomic E-state index is -1.44. The fourth-order valence-corrected chi connectivity index (χ4v) is 12.5. The number of hydrogen-bond donors (Lipinski definition) is 5. The first kappa shape index (κ1) is 81.1. The van der Waals surface area contributed by atoms with Crippen molar-refractivity contribution >= 4 is 70.9 Å². The lowest BCUT2D eigenvalue weighted by molar-refractivity contribution is -0.149. The topological polar surface area (TPSA) is 325 Å². The number of methoxy groups -OCH3 is 2. The minimum absolute atomic E-state index is 0.00588. The molecule has 0 aliphatic carbocycles. The van der Waals surface area contributed by atoms with Gasteiger partial charge in [0.1, 0.15) is 11.6 Å². The Labute approximate surface area is 556 Å². The standard InChI is InChI=1S/C69H110N8O17/c1-16-45(6)62(75(13)66(88)49(43(2)3)41-54(79)61(44(4)5)73(11)35-22-23-36-74(12)68(91)94-69(8,9)10)55(92-14)42-59(83)76-37-24-28-52(76)63(93-15)46(7)64(86)72-51(39-47-25-18-17-19-26-47)53(78)40-48(29-32-60(84)85)65(87)71-50(67(89)90)27-20-21-34-70-56(80)33-38-77-57(81)30-31-58(77)82/h17-19,25-26,30-31,43-46,48-52,55,61-63H,16,20-24,27-29,32-42H2,1-15H3,(H,70,80)(H,71,87)(H,72,86)(H,84,85)(H,89,90)/t45-,46+,48+,49-,50-,51-,52-,55+,61-,62-,63+/m0/s1. The number of Topliss-reactive ketones (excluding diaryl/α,β-unsaturated/α-hetero) is 2. The maximum atomic E-state index is 14.9. The van der Waals surface area contributed by atoms with E-state index in [1.807, 2.05) is 74.3 Å². The van der Waals surface area contributed by atoms with Crippen molar-refractivity contribution in [3.8, 4) is 0 Å². The zero-order valence-corrected chi connectivity index (χ0v) is 58.4. The molecular formula is C69H110N8O17. The van der Waals surface area contributed by atoms with Crippen molar-refractivity contribution < 1.29 is 82.0 Å². The highest BCUT2D eigenvalue weighted by molar-refractivity contribution is 6.13. The molecule has 1 aromatic carbocycles. The second kappa shape index (κ2) is 39.7. The summed E-state index contributed by atoms with van der Waals surface area (Å²) in [6.07, 6.45) is 2.04. The zero-order chi connectivity index (χ0) is 70.7. The molecule has 2 aliphatic heterocycles. The van der Waals surface area contributed by atoms with E-state index in [-0.39, 0.29) is 93.4 Å². The number of unbranched alkanes of at least 4 members (excludes halogenated alkanes) is 2. The fourth-order valence-electron chi connectivity index (χ4n) is 12.5. The number of amides is 8. The number of carboxylic acids is 2. The monoisotopic (exact) mass is 1320 g/mol. The summed E-state index contributed by atoms with van der Waals surface area (Å²) in [6, 6.07) is 4.46. The molecule has 528 valence electrons. The third-order valence-electron chi connectivity index (χ3n) is 18.0. The summed E-state index contributed by atoms with van der Waals surface area (Å²) >= 11 is 0. The molecule has 0 saturated carbocycles. The van der Waals surface area contributed by atoms with Crippen LogP contribution in [0, 0.1) is 35.5 Å². The number of hydrogen-bond acceptors (Lipinski definition) is 16. The van der Waals surface area contributed by atoms with Gasteiger partial charge in [0.15, 0.2) is 11.6 Å². The van der Waals surface area contributed by atoms with Gasteiger partial charge in [-0.2, -0.15) is 0 Å². The van der Waals surface area contributed by atoms with Crippen LogP contribution in [0.25, 0.3) is 0 Å². The van der Waals surface area contributed by atoms with Crippen LogP contribution in [0.1, 0.15) is 165 Å². The molecule has 0 spiro atoms. The molecule has 11 atom stereocenters. The molecule has 0 radical (unpaired) electrons. The number of carbonyl (C=O) groups excluding carboxylic acids is 10. The van der Waals surface area contributed by atoms with E-state index in [1.54, 1.807) is 66.1 Å². The number of likely N-dealkylation sites (N-methyl/N-ethyl adjacent to an activating group) is 2. The molecule has 94 heavy (non-hydrogen) atoms. The number of aliphatic carboxylic acids is 2. The van der Waals surface area contributed by atoms with Crippen LogP contribution in [0.4, 0.5) is 4.79 Å². The van der Waals surface area contributed by atoms with Gasteiger partial charge in [-0.3, -0.25) is 57.7 Å². The SMILES string of the molecule is CC[C@H](C)[C@@H]([C@@H](CC(=O)N1CCC[C@H]1[C@H](OC)[C@@H](C)C(=O)N[C@@H](Cc1ccccc1)C(=O)C[C@@H](CCC(=O)O)C(=O)N[C@@H](CCCCNC(=O)CCN1C(=O)C=CC1=O)C(=O)O)OC)N(C)C(=O)[C@@H](CC(=O)[C@H](C(C)C)N(C)CCCCN(C)C(=O)OC(C)(C)C)C(C)C. The van der Waals surface area contributed by atoms with E-state index in [0.29, 0.717) is 57.3 Å². The third kappa shape index (κ3) is 25.9. The second-order valence-electron chi connectivity index (χ2n) is 27.1. The Morgan fingerprint density at radius 2 is 1.36 bits per heavy atom. The molecule has 3 rings (SSSR count). The van der Waals surface area contributed by atoms with Gasteiger partial charge in [-0.1, -0.05) is 85.2 Å². The third-order valence-corrected chi connectivity index (χ3v) is 18.0. The molecule has 0 unspecified atom stereocenters. The van der Waals surface area contributed by atoms with Crippen LogP contribution < -0.4 is 16.0 Å². The summed E-state index contributed by atoms with van der Waals surface area (Å²) in [6.45, 7) is 20.4. The number of rotatable bonds is 43. The van der Waals surface area contributed by atoms with E-state index in [1.165, 1.54) is 14.2 Å². The molecule has 0 bridgehead atoms. The van der Waals surface area contributed by atoms with Crippen molar-refractivity contribution in [2.75, 3.05) is 68.1 Å². The molecule has 2 heterocycles. The van der Waals surface area contributed by atoms with Gasteiger partial charge in [-0.25, -0.2) is 9.59 Å². The van der Waals surface area contributed by atoms with Crippen molar-refractivity contribution in [2.45, 2.75) is 214 Å². The number of carbonyl (C=O) groups is 12. The van der Waals surface area contributed by atoms with Crippen LogP contribution in [0.3, 0.4) is 0 Å². The Hall–Kier alpha value is -7.12. The summed E-state index contributed by atoms with van der Waals surface area (Å²) in [5, 5.41) is 27.8. The number of benzene rings is 1. The van der Waals surface area contributed by atoms with Gasteiger partial charge < -0.3 is 55.1 Å². The number of ketones is 2. The molecule has 1 saturated heterocycles. The van der Waals surface area contributed by atoms with Gasteiger partial charge in [0.2, 0.25) is 29.5 Å². The van der Waals surface area contributed by atoms with Gasteiger partial charge in [0.25, 0.3) is 11.8 Å². The number of carboxylic acid groups (broad SMARTS) is 2. The molecule has 1 aromatic rings. The van der Waals surface area contributed by atoms with Crippen LogP contribution >= 0.6 is 0 Å². The Balaban J connectivity index is 1.77. The van der Waals surface area contributed by atoms with Crippen LogP contribution in [0.15, 0.2) is 42.5 Å². The first-order chi connectivity index (χ1) is 44.2. The first-order valence-electron chi connectivity index (χ1n) is 33.4. The fraction of sp³-hybridized carbons (Fsp3) is 0.710. The van der Waals surface area contributed by atoms with Crippen molar-refractivity contribution in [1.29, 1.82) is 0 Å². The van der Waals surface area contributed by atoms with Crippen molar-refractivity contribution in [1.82, 2.24) is 40.4 Å². The van der Waals surface area contributed by atoms with Gasteiger partial charge in [-0.15, -0.1) is 0 Å². The van der Waals surface area contributed by atoms with Crippen LogP contribution in [0.2, 0.25) is 0 Å². The first-order valence-corrected chi connectivity index (χ1v) is 33.4. The number of imide groups is 1. The van der Waals surface area contributed by atoms with Gasteiger partial charge in [0, 0.05) is 104 Å². The van der Waals surface area contributed by atoms with Crippen LogP contribution in [0.5, 0.6) is 0 Å². The summed E-state index contributed by atoms with van der Waals surface area (Å²) in [7, 11) is 8.26. The summed E-state index contributed by atoms with van der Waals surface area (Å²) < 4.78 is 17.7. The minimum Gasteiger partial charge on any atom is -0.481 e. The molecule has 0 aromatic heterocycles. The number of nitrogens with one attached hydrogen (secondary N) is 3. The lowest BCUT2D eigenvalue weighted by Gasteiger charge is -2.41. The van der Waals surface area contributed by atoms with E-state index >= 15 is 0 Å². The maximum Gasteiger partial charge on any atom is 0.410 e. The number of ether oxygens (including phenoxy) is 3. The van der Waals surface area contributed by atoms with E-state index < -0.39 is 132 Å². The second-order valence-corrected chi connectivity index (χ2v) is 27.1. The van der Waals surface area contributed by atoms with Crippen LogP contribution in [-0.4, -0.2) is 222 Å². The highest BCUT2D eigenvalue weighted by atomic mass is 16.6. The lowest BCUT2D eigenvalue weighted by Crippen LogP contribution is -2.55. The van der Waals surface area contributed by atoms with Gasteiger partial charge >= 0.3 is 18.0 Å². The Kier molecular flexibility index (Phi) is 34.2. The highest BCUT2D eigenvalue weighted by Crippen LogP contribution is 2.32. The van der Waals surface area contributed by atoms with E-state index in [2.05, 4.69) is 16.0 Å². The van der Waals surface area contributed by atoms with Crippen molar-refractivity contribution in [2.24, 2.45) is 35.5 Å². The molecule has 5 N–H and O–H groups in total. The zero-order valence-electron chi connectivity index (χ0n) is 58.4. The molecule has 1 fully saturated rings. The molecule has 2 aliphatic rings. The Bertz CT molecular complexity index is 2720. The van der Waals surface area contributed by atoms with Gasteiger partial charge in [0.05, 0.1) is 48.7 Å². The lowest BCUT2D eigenvalue weighted by atomic mass is 9.83.